The monoisotopic (exact) mass is 204 g/mol. The molecule has 15 heavy (non-hydrogen) atoms. The molecule has 2 rings (SSSR count). The second-order valence-corrected chi connectivity index (χ2v) is 5.53. The molecular weight excluding hydrogens is 183 g/mol. The fourth-order valence-electron chi connectivity index (χ4n) is 3.32. The van der Waals surface area contributed by atoms with Gasteiger partial charge in [0.25, 0.3) is 0 Å². The fraction of sp³-hybridized carbons (Fsp3) is 0.917. The summed E-state index contributed by atoms with van der Waals surface area (Å²) in [6.07, 6.45) is 6.00. The molecular formula is C12H21BN2. The van der Waals surface area contributed by atoms with Crippen LogP contribution in [0.3, 0.4) is 0 Å². The average molecular weight is 204 g/mol. The minimum Gasteiger partial charge on any atom is -0.360 e. The van der Waals surface area contributed by atoms with Crippen molar-refractivity contribution in [3.63, 3.8) is 0 Å². The van der Waals surface area contributed by atoms with E-state index >= 15 is 0 Å². The van der Waals surface area contributed by atoms with Crippen LogP contribution in [0.15, 0.2) is 4.99 Å². The van der Waals surface area contributed by atoms with Gasteiger partial charge in [0.2, 0.25) is 0 Å². The highest BCUT2D eigenvalue weighted by atomic mass is 15.2. The minimum absolute atomic E-state index is 0.0451. The van der Waals surface area contributed by atoms with Gasteiger partial charge >= 0.3 is 0 Å². The Labute approximate surface area is 94.5 Å². The van der Waals surface area contributed by atoms with E-state index in [9.17, 15) is 0 Å². The van der Waals surface area contributed by atoms with Gasteiger partial charge in [-0.1, -0.05) is 31.5 Å². The van der Waals surface area contributed by atoms with Crippen molar-refractivity contribution in [1.82, 2.24) is 4.90 Å². The van der Waals surface area contributed by atoms with E-state index in [0.717, 1.165) is 18.8 Å². The van der Waals surface area contributed by atoms with Gasteiger partial charge in [0, 0.05) is 26.6 Å². The molecule has 3 heteroatoms. The molecule has 2 radical (unpaired) electrons. The molecule has 2 aliphatic rings. The van der Waals surface area contributed by atoms with Crippen LogP contribution in [0.2, 0.25) is 5.31 Å². The highest BCUT2D eigenvalue weighted by Crippen LogP contribution is 2.45. The van der Waals surface area contributed by atoms with E-state index in [2.05, 4.69) is 23.9 Å². The molecule has 0 N–H and O–H groups in total. The van der Waals surface area contributed by atoms with Crippen molar-refractivity contribution >= 4 is 13.7 Å². The van der Waals surface area contributed by atoms with Crippen molar-refractivity contribution in [1.29, 1.82) is 0 Å². The maximum absolute atomic E-state index is 6.31. The Balaban J connectivity index is 2.16. The van der Waals surface area contributed by atoms with Gasteiger partial charge in [-0.2, -0.15) is 0 Å². The Kier molecular flexibility index (Phi) is 2.82. The van der Waals surface area contributed by atoms with Crippen molar-refractivity contribution in [2.45, 2.75) is 50.4 Å². The summed E-state index contributed by atoms with van der Waals surface area (Å²) in [7, 11) is 10.4. The fourth-order valence-corrected chi connectivity index (χ4v) is 3.32. The molecule has 1 aliphatic heterocycles. The van der Waals surface area contributed by atoms with Crippen molar-refractivity contribution in [2.24, 2.45) is 10.9 Å². The van der Waals surface area contributed by atoms with Gasteiger partial charge in [0.1, 0.15) is 0 Å². The number of nitrogens with zero attached hydrogens (tertiary/aromatic N) is 2. The lowest BCUT2D eigenvalue weighted by atomic mass is 9.64. The normalized spacial score (nSPS) is 44.2. The van der Waals surface area contributed by atoms with Crippen LogP contribution < -0.4 is 0 Å². The van der Waals surface area contributed by atoms with Crippen molar-refractivity contribution in [3.05, 3.63) is 0 Å². The van der Waals surface area contributed by atoms with E-state index < -0.39 is 0 Å². The summed E-state index contributed by atoms with van der Waals surface area (Å²) < 4.78 is 0. The molecule has 0 amide bonds. The van der Waals surface area contributed by atoms with Gasteiger partial charge in [-0.05, 0) is 12.3 Å². The number of amidine groups is 1. The standard InChI is InChI=1S/C12H21BN2/c1-12(13)6-4-5-10-9(8-12)7-11(14-2)15(10)3/h9-10H,4-8H2,1-3H3/t9?,10?,12-/m1/s1. The summed E-state index contributed by atoms with van der Waals surface area (Å²) in [6.45, 7) is 2.20. The SMILES string of the molecule is [B][C@]1(C)CCCC2C(CC(=NC)N2C)C1. The van der Waals surface area contributed by atoms with Crippen LogP contribution in [-0.4, -0.2) is 38.7 Å². The van der Waals surface area contributed by atoms with Crippen molar-refractivity contribution < 1.29 is 0 Å². The maximum atomic E-state index is 6.31. The summed E-state index contributed by atoms with van der Waals surface area (Å²) >= 11 is 0. The average Bonchev–Trinajstić information content (AvgIpc) is 2.37. The molecule has 0 bridgehead atoms. The summed E-state index contributed by atoms with van der Waals surface area (Å²) in [5.41, 5.74) is 0. The second kappa shape index (κ2) is 3.84. The molecule has 2 fully saturated rings. The Bertz CT molecular complexity index is 273. The predicted molar refractivity (Wildman–Crippen MR) is 65.6 cm³/mol. The van der Waals surface area contributed by atoms with Gasteiger partial charge < -0.3 is 4.90 Å². The second-order valence-electron chi connectivity index (χ2n) is 5.53. The Morgan fingerprint density at radius 2 is 2.27 bits per heavy atom. The molecule has 1 aliphatic carbocycles. The molecule has 0 aromatic heterocycles. The Morgan fingerprint density at radius 1 is 1.53 bits per heavy atom. The topological polar surface area (TPSA) is 15.6 Å². The van der Waals surface area contributed by atoms with E-state index in [1.165, 1.54) is 25.1 Å². The molecule has 2 nitrogen and oxygen atoms in total. The predicted octanol–water partition coefficient (Wildman–Crippen LogP) is 2.26. The zero-order valence-corrected chi connectivity index (χ0v) is 10.2. The third kappa shape index (κ3) is 2.06. The van der Waals surface area contributed by atoms with Gasteiger partial charge in [-0.3, -0.25) is 4.99 Å². The first-order valence-electron chi connectivity index (χ1n) is 6.01. The Hall–Kier alpha value is -0.465. The van der Waals surface area contributed by atoms with Crippen LogP contribution >= 0.6 is 0 Å². The van der Waals surface area contributed by atoms with E-state index in [-0.39, 0.29) is 5.31 Å². The quantitative estimate of drug-likeness (QED) is 0.552. The number of hydrogen-bond acceptors (Lipinski definition) is 1. The first-order chi connectivity index (χ1) is 7.03. The number of fused-ring (bicyclic) bond motifs is 1. The first kappa shape index (κ1) is 11.0. The van der Waals surface area contributed by atoms with Crippen LogP contribution in [0.4, 0.5) is 0 Å². The van der Waals surface area contributed by atoms with Crippen LogP contribution in [-0.2, 0) is 0 Å². The summed E-state index contributed by atoms with van der Waals surface area (Å²) in [5.74, 6) is 1.99. The lowest BCUT2D eigenvalue weighted by Gasteiger charge is -2.27. The third-order valence-corrected chi connectivity index (χ3v) is 4.13. The number of hydrogen-bond donors (Lipinski definition) is 0. The van der Waals surface area contributed by atoms with Crippen LogP contribution in [0.1, 0.15) is 39.0 Å². The highest BCUT2D eigenvalue weighted by Gasteiger charge is 2.40. The summed E-state index contributed by atoms with van der Waals surface area (Å²) in [5, 5.41) is 0.0451. The summed E-state index contributed by atoms with van der Waals surface area (Å²) in [6, 6.07) is 0.689. The summed E-state index contributed by atoms with van der Waals surface area (Å²) in [4.78, 5) is 6.75. The van der Waals surface area contributed by atoms with E-state index in [0.29, 0.717) is 6.04 Å². The maximum Gasteiger partial charge on any atom is 0.0989 e. The third-order valence-electron chi connectivity index (χ3n) is 4.13. The van der Waals surface area contributed by atoms with Gasteiger partial charge in [-0.15, -0.1) is 0 Å². The number of aliphatic imine (C=N–C) groups is 1. The molecule has 2 unspecified atom stereocenters. The molecule has 1 saturated heterocycles. The minimum atomic E-state index is 0.0451. The lowest BCUT2D eigenvalue weighted by Crippen LogP contribution is -2.31. The van der Waals surface area contributed by atoms with Gasteiger partial charge in [0.15, 0.2) is 0 Å². The largest absolute Gasteiger partial charge is 0.360 e. The first-order valence-corrected chi connectivity index (χ1v) is 6.01. The zero-order valence-electron chi connectivity index (χ0n) is 10.2. The van der Waals surface area contributed by atoms with Crippen LogP contribution in [0.5, 0.6) is 0 Å². The van der Waals surface area contributed by atoms with E-state index in [4.69, 9.17) is 7.85 Å². The molecule has 1 heterocycles. The number of rotatable bonds is 0. The van der Waals surface area contributed by atoms with E-state index in [1.807, 2.05) is 7.05 Å². The highest BCUT2D eigenvalue weighted by molar-refractivity contribution is 6.14. The molecule has 0 aromatic carbocycles. The molecule has 0 spiro atoms. The van der Waals surface area contributed by atoms with Crippen molar-refractivity contribution in [2.75, 3.05) is 14.1 Å². The molecule has 82 valence electrons. The number of likely N-dealkylation sites (tertiary alicyclic amines) is 1. The molecule has 1 saturated carbocycles. The molecule has 3 atom stereocenters. The van der Waals surface area contributed by atoms with Crippen LogP contribution in [0, 0.1) is 5.92 Å². The van der Waals surface area contributed by atoms with Gasteiger partial charge in [0.05, 0.1) is 13.7 Å². The smallest absolute Gasteiger partial charge is 0.0989 e. The lowest BCUT2D eigenvalue weighted by molar-refractivity contribution is 0.292. The van der Waals surface area contributed by atoms with Crippen molar-refractivity contribution in [3.8, 4) is 0 Å². The molecule has 0 aromatic rings. The zero-order chi connectivity index (χ0) is 11.1. The van der Waals surface area contributed by atoms with Crippen LogP contribution in [0.25, 0.3) is 0 Å². The van der Waals surface area contributed by atoms with E-state index in [1.54, 1.807) is 0 Å². The van der Waals surface area contributed by atoms with Gasteiger partial charge in [-0.25, -0.2) is 0 Å². The Morgan fingerprint density at radius 3 is 2.93 bits per heavy atom.